The van der Waals surface area contributed by atoms with Gasteiger partial charge in [0.25, 0.3) is 5.56 Å². The molecular formula is C22H30N4O4S. The SMILES string of the molecule is CNC(=O)C1CCC(Cn2c(=O)c3sccc3n(CC(=O)NC3CCCC3)c2=O)CC1. The Morgan fingerprint density at radius 2 is 1.77 bits per heavy atom. The summed E-state index contributed by atoms with van der Waals surface area (Å²) < 4.78 is 3.24. The normalized spacial score (nSPS) is 22.0. The Morgan fingerprint density at radius 1 is 1.06 bits per heavy atom. The van der Waals surface area contributed by atoms with E-state index in [9.17, 15) is 19.2 Å². The Hall–Kier alpha value is -2.42. The lowest BCUT2D eigenvalue weighted by atomic mass is 9.81. The minimum atomic E-state index is -0.425. The van der Waals surface area contributed by atoms with Crippen molar-refractivity contribution in [2.75, 3.05) is 7.05 Å². The smallest absolute Gasteiger partial charge is 0.332 e. The van der Waals surface area contributed by atoms with Crippen LogP contribution in [0.4, 0.5) is 0 Å². The second-order valence-corrected chi connectivity index (χ2v) is 9.72. The van der Waals surface area contributed by atoms with E-state index in [-0.39, 0.29) is 41.8 Å². The lowest BCUT2D eigenvalue weighted by Gasteiger charge is -2.27. The fourth-order valence-electron chi connectivity index (χ4n) is 5.00. The zero-order chi connectivity index (χ0) is 22.0. The van der Waals surface area contributed by atoms with Crippen molar-refractivity contribution < 1.29 is 9.59 Å². The molecule has 0 aliphatic heterocycles. The van der Waals surface area contributed by atoms with E-state index >= 15 is 0 Å². The number of thiophene rings is 1. The van der Waals surface area contributed by atoms with Crippen LogP contribution < -0.4 is 21.9 Å². The van der Waals surface area contributed by atoms with Crippen LogP contribution in [0.1, 0.15) is 51.4 Å². The summed E-state index contributed by atoms with van der Waals surface area (Å²) >= 11 is 1.30. The first-order valence-electron chi connectivity index (χ1n) is 11.2. The van der Waals surface area contributed by atoms with Crippen LogP contribution in [-0.4, -0.2) is 34.0 Å². The highest BCUT2D eigenvalue weighted by molar-refractivity contribution is 7.17. The molecule has 2 heterocycles. The lowest BCUT2D eigenvalue weighted by molar-refractivity contribution is -0.125. The molecule has 0 saturated heterocycles. The van der Waals surface area contributed by atoms with Crippen molar-refractivity contribution in [1.29, 1.82) is 0 Å². The van der Waals surface area contributed by atoms with Crippen molar-refractivity contribution in [1.82, 2.24) is 19.8 Å². The van der Waals surface area contributed by atoms with Crippen molar-refractivity contribution in [3.8, 4) is 0 Å². The summed E-state index contributed by atoms with van der Waals surface area (Å²) in [6.07, 6.45) is 7.32. The van der Waals surface area contributed by atoms with Crippen LogP contribution >= 0.6 is 11.3 Å². The molecule has 2 N–H and O–H groups in total. The van der Waals surface area contributed by atoms with Crippen molar-refractivity contribution >= 4 is 33.4 Å². The molecule has 168 valence electrons. The van der Waals surface area contributed by atoms with Crippen molar-refractivity contribution in [3.63, 3.8) is 0 Å². The molecule has 2 aromatic heterocycles. The topological polar surface area (TPSA) is 102 Å². The third-order valence-electron chi connectivity index (χ3n) is 6.76. The van der Waals surface area contributed by atoms with Gasteiger partial charge in [-0.15, -0.1) is 11.3 Å². The zero-order valence-corrected chi connectivity index (χ0v) is 18.7. The van der Waals surface area contributed by atoms with Crippen LogP contribution in [0.25, 0.3) is 10.2 Å². The quantitative estimate of drug-likeness (QED) is 0.707. The third kappa shape index (κ3) is 4.61. The molecule has 0 spiro atoms. The number of aromatic nitrogens is 2. The molecule has 2 aromatic rings. The van der Waals surface area contributed by atoms with Gasteiger partial charge in [0.15, 0.2) is 0 Å². The second kappa shape index (κ2) is 9.38. The lowest BCUT2D eigenvalue weighted by Crippen LogP contribution is -2.44. The van der Waals surface area contributed by atoms with E-state index in [1.807, 2.05) is 0 Å². The van der Waals surface area contributed by atoms with Crippen molar-refractivity contribution in [2.24, 2.45) is 11.8 Å². The van der Waals surface area contributed by atoms with E-state index in [4.69, 9.17) is 0 Å². The Labute approximate surface area is 184 Å². The molecule has 2 fully saturated rings. The molecule has 4 rings (SSSR count). The summed E-state index contributed by atoms with van der Waals surface area (Å²) in [6, 6.07) is 1.92. The minimum absolute atomic E-state index is 0.00805. The molecular weight excluding hydrogens is 416 g/mol. The van der Waals surface area contributed by atoms with Crippen LogP contribution in [-0.2, 0) is 22.7 Å². The average Bonchev–Trinajstić information content (AvgIpc) is 3.46. The molecule has 2 saturated carbocycles. The van der Waals surface area contributed by atoms with Gasteiger partial charge in [-0.2, -0.15) is 0 Å². The molecule has 0 unspecified atom stereocenters. The molecule has 2 aliphatic carbocycles. The van der Waals surface area contributed by atoms with E-state index in [0.717, 1.165) is 51.4 Å². The van der Waals surface area contributed by atoms with Crippen LogP contribution in [0.3, 0.4) is 0 Å². The van der Waals surface area contributed by atoms with Gasteiger partial charge in [-0.1, -0.05) is 12.8 Å². The Kier molecular flexibility index (Phi) is 6.60. The second-order valence-electron chi connectivity index (χ2n) is 8.80. The van der Waals surface area contributed by atoms with Crippen LogP contribution in [0.15, 0.2) is 21.0 Å². The molecule has 9 heteroatoms. The average molecular weight is 447 g/mol. The maximum Gasteiger partial charge on any atom is 0.332 e. The molecule has 0 radical (unpaired) electrons. The number of rotatable bonds is 6. The van der Waals surface area contributed by atoms with E-state index in [1.54, 1.807) is 18.5 Å². The molecule has 8 nitrogen and oxygen atoms in total. The highest BCUT2D eigenvalue weighted by atomic mass is 32.1. The molecule has 0 atom stereocenters. The number of hydrogen-bond acceptors (Lipinski definition) is 5. The largest absolute Gasteiger partial charge is 0.359 e. The van der Waals surface area contributed by atoms with E-state index in [0.29, 0.717) is 16.8 Å². The van der Waals surface area contributed by atoms with Gasteiger partial charge < -0.3 is 10.6 Å². The highest BCUT2D eigenvalue weighted by Gasteiger charge is 2.27. The van der Waals surface area contributed by atoms with Crippen LogP contribution in [0, 0.1) is 11.8 Å². The summed E-state index contributed by atoms with van der Waals surface area (Å²) in [5.74, 6) is 0.0576. The zero-order valence-electron chi connectivity index (χ0n) is 17.9. The van der Waals surface area contributed by atoms with Crippen LogP contribution in [0.2, 0.25) is 0 Å². The Bertz CT molecular complexity index is 1070. The van der Waals surface area contributed by atoms with Gasteiger partial charge in [-0.05, 0) is 55.9 Å². The molecule has 2 amide bonds. The van der Waals surface area contributed by atoms with Crippen molar-refractivity contribution in [3.05, 3.63) is 32.3 Å². The van der Waals surface area contributed by atoms with Crippen LogP contribution in [0.5, 0.6) is 0 Å². The number of carbonyl (C=O) groups is 2. The number of nitrogens with zero attached hydrogens (tertiary/aromatic N) is 2. The first-order chi connectivity index (χ1) is 15.0. The van der Waals surface area contributed by atoms with Crippen molar-refractivity contribution in [2.45, 2.75) is 70.5 Å². The Morgan fingerprint density at radius 3 is 2.45 bits per heavy atom. The number of hydrogen-bond donors (Lipinski definition) is 2. The first-order valence-corrected chi connectivity index (χ1v) is 12.1. The van der Waals surface area contributed by atoms with E-state index in [2.05, 4.69) is 10.6 Å². The number of fused-ring (bicyclic) bond motifs is 1. The fourth-order valence-corrected chi connectivity index (χ4v) is 5.85. The number of nitrogens with one attached hydrogen (secondary N) is 2. The summed E-state index contributed by atoms with van der Waals surface area (Å²) in [6.45, 7) is 0.252. The fraction of sp³-hybridized carbons (Fsp3) is 0.636. The minimum Gasteiger partial charge on any atom is -0.359 e. The molecule has 0 aromatic carbocycles. The predicted octanol–water partition coefficient (Wildman–Crippen LogP) is 1.84. The van der Waals surface area contributed by atoms with Gasteiger partial charge in [-0.25, -0.2) is 4.79 Å². The van der Waals surface area contributed by atoms with Gasteiger partial charge in [0.05, 0.1) is 5.52 Å². The summed E-state index contributed by atoms with van der Waals surface area (Å²) in [5, 5.41) is 7.52. The van der Waals surface area contributed by atoms with Gasteiger partial charge in [0.1, 0.15) is 11.2 Å². The monoisotopic (exact) mass is 446 g/mol. The van der Waals surface area contributed by atoms with Gasteiger partial charge >= 0.3 is 5.69 Å². The summed E-state index contributed by atoms with van der Waals surface area (Å²) in [5.41, 5.74) is -0.178. The van der Waals surface area contributed by atoms with Gasteiger partial charge in [0, 0.05) is 25.6 Å². The van der Waals surface area contributed by atoms with E-state index in [1.165, 1.54) is 20.5 Å². The Balaban J connectivity index is 1.55. The highest BCUT2D eigenvalue weighted by Crippen LogP contribution is 2.29. The van der Waals surface area contributed by atoms with Gasteiger partial charge in [0.2, 0.25) is 11.8 Å². The first kappa shape index (κ1) is 21.8. The summed E-state index contributed by atoms with van der Waals surface area (Å²) in [4.78, 5) is 50.7. The third-order valence-corrected chi connectivity index (χ3v) is 7.65. The van der Waals surface area contributed by atoms with Gasteiger partial charge in [-0.3, -0.25) is 23.5 Å². The standard InChI is InChI=1S/C22H30N4O4S/c1-23-20(28)15-8-6-14(7-9-15)12-26-21(29)19-17(10-11-31-19)25(22(26)30)13-18(27)24-16-4-2-3-5-16/h10-11,14-16H,2-9,12-13H2,1H3,(H,23,28)(H,24,27). The number of amides is 2. The van der Waals surface area contributed by atoms with E-state index < -0.39 is 5.69 Å². The number of carbonyl (C=O) groups excluding carboxylic acids is 2. The summed E-state index contributed by atoms with van der Waals surface area (Å²) in [7, 11) is 1.65. The maximum atomic E-state index is 13.3. The maximum absolute atomic E-state index is 13.3. The molecule has 2 aliphatic rings. The predicted molar refractivity (Wildman–Crippen MR) is 120 cm³/mol. The molecule has 0 bridgehead atoms. The molecule has 31 heavy (non-hydrogen) atoms.